The second kappa shape index (κ2) is 8.19. The Bertz CT molecular complexity index is 1140. The molecular weight excluding hydrogens is 364 g/mol. The number of nitrogens with one attached hydrogen (secondary N) is 1. The number of benzene rings is 3. The number of nitrogens with zero attached hydrogens (tertiary/aromatic N) is 1. The van der Waals surface area contributed by atoms with E-state index in [4.69, 9.17) is 9.15 Å². The van der Waals surface area contributed by atoms with E-state index in [2.05, 4.69) is 10.3 Å². The van der Waals surface area contributed by atoms with Gasteiger partial charge in [0.15, 0.2) is 11.7 Å². The molecule has 0 aliphatic carbocycles. The molecule has 1 heterocycles. The summed E-state index contributed by atoms with van der Waals surface area (Å²) in [6.45, 7) is 3.95. The molecule has 0 unspecified atom stereocenters. The summed E-state index contributed by atoms with van der Waals surface area (Å²) in [5.41, 5.74) is 4.08. The molecule has 1 atom stereocenters. The van der Waals surface area contributed by atoms with Gasteiger partial charge in [-0.15, -0.1) is 0 Å². The van der Waals surface area contributed by atoms with E-state index in [-0.39, 0.29) is 5.91 Å². The van der Waals surface area contributed by atoms with Gasteiger partial charge < -0.3 is 14.5 Å². The van der Waals surface area contributed by atoms with E-state index < -0.39 is 6.10 Å². The predicted molar refractivity (Wildman–Crippen MR) is 114 cm³/mol. The van der Waals surface area contributed by atoms with Crippen LogP contribution in [0.25, 0.3) is 22.6 Å². The van der Waals surface area contributed by atoms with Gasteiger partial charge in [0.25, 0.3) is 5.91 Å². The third-order valence-electron chi connectivity index (χ3n) is 4.60. The standard InChI is InChI=1S/C24H22N2O3/c1-3-21(28-19-10-5-4-6-11-19)23(27)25-18-12-13-22-20(15-18)26-24(29-22)17-9-7-8-16(2)14-17/h4-15,21H,3H2,1-2H3,(H,25,27)/t21-/m1/s1. The quantitative estimate of drug-likeness (QED) is 0.468. The Balaban J connectivity index is 1.52. The minimum atomic E-state index is -0.576. The molecule has 0 spiro atoms. The number of amides is 1. The number of carbonyl (C=O) groups excluding carboxylic acids is 1. The molecule has 0 bridgehead atoms. The topological polar surface area (TPSA) is 64.4 Å². The van der Waals surface area contributed by atoms with Crippen LogP contribution in [0.1, 0.15) is 18.9 Å². The normalized spacial score (nSPS) is 11.9. The van der Waals surface area contributed by atoms with Crippen molar-refractivity contribution in [2.45, 2.75) is 26.4 Å². The van der Waals surface area contributed by atoms with Crippen LogP contribution in [0.3, 0.4) is 0 Å². The highest BCUT2D eigenvalue weighted by molar-refractivity contribution is 5.96. The van der Waals surface area contributed by atoms with Gasteiger partial charge in [-0.05, 0) is 55.8 Å². The maximum absolute atomic E-state index is 12.7. The smallest absolute Gasteiger partial charge is 0.265 e. The Kier molecular flexibility index (Phi) is 5.29. The molecule has 0 saturated heterocycles. The summed E-state index contributed by atoms with van der Waals surface area (Å²) in [7, 11) is 0. The van der Waals surface area contributed by atoms with E-state index in [1.54, 1.807) is 6.07 Å². The van der Waals surface area contributed by atoms with Crippen molar-refractivity contribution in [1.82, 2.24) is 4.98 Å². The summed E-state index contributed by atoms with van der Waals surface area (Å²) in [5.74, 6) is 1.04. The summed E-state index contributed by atoms with van der Waals surface area (Å²) in [6.07, 6.45) is -0.0157. The molecule has 0 fully saturated rings. The number of fused-ring (bicyclic) bond motifs is 1. The van der Waals surface area contributed by atoms with Crippen molar-refractivity contribution in [1.29, 1.82) is 0 Å². The summed E-state index contributed by atoms with van der Waals surface area (Å²) in [6, 6.07) is 22.8. The number of anilines is 1. The first-order valence-electron chi connectivity index (χ1n) is 9.62. The van der Waals surface area contributed by atoms with E-state index in [9.17, 15) is 4.79 Å². The summed E-state index contributed by atoms with van der Waals surface area (Å²) < 4.78 is 11.7. The van der Waals surface area contributed by atoms with Crippen LogP contribution < -0.4 is 10.1 Å². The maximum Gasteiger partial charge on any atom is 0.265 e. The predicted octanol–water partition coefficient (Wildman–Crippen LogP) is 5.60. The van der Waals surface area contributed by atoms with Crippen LogP contribution >= 0.6 is 0 Å². The first-order valence-corrected chi connectivity index (χ1v) is 9.62. The molecule has 146 valence electrons. The van der Waals surface area contributed by atoms with E-state index in [0.717, 1.165) is 11.1 Å². The fourth-order valence-electron chi connectivity index (χ4n) is 3.12. The summed E-state index contributed by atoms with van der Waals surface area (Å²) >= 11 is 0. The largest absolute Gasteiger partial charge is 0.481 e. The van der Waals surface area contributed by atoms with Crippen molar-refractivity contribution in [2.24, 2.45) is 0 Å². The molecule has 1 amide bonds. The SMILES string of the molecule is CC[C@@H](Oc1ccccc1)C(=O)Nc1ccc2oc(-c3cccc(C)c3)nc2c1. The highest BCUT2D eigenvalue weighted by Crippen LogP contribution is 2.27. The number of rotatable bonds is 6. The van der Waals surface area contributed by atoms with Gasteiger partial charge in [-0.1, -0.05) is 42.8 Å². The number of aromatic nitrogens is 1. The van der Waals surface area contributed by atoms with Crippen molar-refractivity contribution in [2.75, 3.05) is 5.32 Å². The van der Waals surface area contributed by atoms with Gasteiger partial charge in [0.1, 0.15) is 11.3 Å². The van der Waals surface area contributed by atoms with Crippen LogP contribution in [0.5, 0.6) is 5.75 Å². The number of hydrogen-bond acceptors (Lipinski definition) is 4. The third kappa shape index (κ3) is 4.29. The van der Waals surface area contributed by atoms with Crippen molar-refractivity contribution < 1.29 is 13.9 Å². The van der Waals surface area contributed by atoms with Crippen LogP contribution in [-0.4, -0.2) is 17.0 Å². The molecule has 5 nitrogen and oxygen atoms in total. The highest BCUT2D eigenvalue weighted by atomic mass is 16.5. The van der Waals surface area contributed by atoms with Gasteiger partial charge in [0.2, 0.25) is 5.89 Å². The lowest BCUT2D eigenvalue weighted by atomic mass is 10.1. The van der Waals surface area contributed by atoms with Gasteiger partial charge in [-0.2, -0.15) is 0 Å². The van der Waals surface area contributed by atoms with Crippen LogP contribution in [0, 0.1) is 6.92 Å². The fraction of sp³-hybridized carbons (Fsp3) is 0.167. The van der Waals surface area contributed by atoms with Crippen molar-refractivity contribution >= 4 is 22.7 Å². The lowest BCUT2D eigenvalue weighted by molar-refractivity contribution is -0.122. The first-order chi connectivity index (χ1) is 14.1. The van der Waals surface area contributed by atoms with Gasteiger partial charge in [0, 0.05) is 11.3 Å². The van der Waals surface area contributed by atoms with Crippen molar-refractivity contribution in [3.8, 4) is 17.2 Å². The fourth-order valence-corrected chi connectivity index (χ4v) is 3.12. The molecule has 0 aliphatic rings. The Morgan fingerprint density at radius 3 is 2.66 bits per heavy atom. The lowest BCUT2D eigenvalue weighted by Gasteiger charge is -2.17. The lowest BCUT2D eigenvalue weighted by Crippen LogP contribution is -2.32. The molecule has 29 heavy (non-hydrogen) atoms. The molecule has 0 radical (unpaired) electrons. The third-order valence-corrected chi connectivity index (χ3v) is 4.60. The number of para-hydroxylation sites is 1. The zero-order valence-corrected chi connectivity index (χ0v) is 16.4. The molecule has 1 N–H and O–H groups in total. The minimum Gasteiger partial charge on any atom is -0.481 e. The number of carbonyl (C=O) groups is 1. The zero-order valence-electron chi connectivity index (χ0n) is 16.4. The summed E-state index contributed by atoms with van der Waals surface area (Å²) in [5, 5.41) is 2.92. The first kappa shape index (κ1) is 18.7. The van der Waals surface area contributed by atoms with E-state index in [1.165, 1.54) is 0 Å². The van der Waals surface area contributed by atoms with Crippen molar-refractivity contribution in [3.63, 3.8) is 0 Å². The summed E-state index contributed by atoms with van der Waals surface area (Å²) in [4.78, 5) is 17.2. The molecule has 0 saturated carbocycles. The number of oxazole rings is 1. The Morgan fingerprint density at radius 1 is 1.07 bits per heavy atom. The second-order valence-electron chi connectivity index (χ2n) is 6.89. The van der Waals surface area contributed by atoms with Gasteiger partial charge in [0.05, 0.1) is 0 Å². The monoisotopic (exact) mass is 386 g/mol. The molecule has 0 aliphatic heterocycles. The second-order valence-corrected chi connectivity index (χ2v) is 6.89. The van der Waals surface area contributed by atoms with E-state index in [1.807, 2.05) is 80.6 Å². The number of aryl methyl sites for hydroxylation is 1. The van der Waals surface area contributed by atoms with Crippen LogP contribution in [0.4, 0.5) is 5.69 Å². The van der Waals surface area contributed by atoms with Gasteiger partial charge in [-0.3, -0.25) is 4.79 Å². The highest BCUT2D eigenvalue weighted by Gasteiger charge is 2.19. The van der Waals surface area contributed by atoms with Gasteiger partial charge >= 0.3 is 0 Å². The van der Waals surface area contributed by atoms with Crippen LogP contribution in [-0.2, 0) is 4.79 Å². The molecule has 4 rings (SSSR count). The minimum absolute atomic E-state index is 0.196. The molecule has 5 heteroatoms. The van der Waals surface area contributed by atoms with Crippen LogP contribution in [0.2, 0.25) is 0 Å². The molecule has 3 aromatic carbocycles. The molecule has 1 aromatic heterocycles. The number of ether oxygens (including phenoxy) is 1. The zero-order chi connectivity index (χ0) is 20.2. The average molecular weight is 386 g/mol. The average Bonchev–Trinajstić information content (AvgIpc) is 3.16. The Labute approximate surface area is 169 Å². The van der Waals surface area contributed by atoms with Gasteiger partial charge in [-0.25, -0.2) is 4.98 Å². The van der Waals surface area contributed by atoms with E-state index >= 15 is 0 Å². The maximum atomic E-state index is 12.7. The Morgan fingerprint density at radius 2 is 1.90 bits per heavy atom. The molecular formula is C24H22N2O3. The van der Waals surface area contributed by atoms with Crippen LogP contribution in [0.15, 0.2) is 77.2 Å². The van der Waals surface area contributed by atoms with E-state index in [0.29, 0.717) is 34.8 Å². The number of hydrogen-bond donors (Lipinski definition) is 1. The Hall–Kier alpha value is -3.60. The molecule has 4 aromatic rings. The van der Waals surface area contributed by atoms with Crippen molar-refractivity contribution in [3.05, 3.63) is 78.4 Å².